The summed E-state index contributed by atoms with van der Waals surface area (Å²) in [5.74, 6) is 1.29. The Hall–Kier alpha value is -2.73. The second kappa shape index (κ2) is 6.05. The van der Waals surface area contributed by atoms with Crippen LogP contribution in [0.3, 0.4) is 0 Å². The number of imidazole rings is 1. The monoisotopic (exact) mass is 322 g/mol. The second-order valence-corrected chi connectivity index (χ2v) is 6.06. The first-order valence-corrected chi connectivity index (χ1v) is 8.05. The molecule has 2 N–H and O–H groups in total. The number of pyridine rings is 1. The fraction of sp³-hybridized carbons (Fsp3) is 0.278. The van der Waals surface area contributed by atoms with Crippen molar-refractivity contribution in [1.82, 2.24) is 14.5 Å². The Morgan fingerprint density at radius 1 is 1.29 bits per heavy atom. The number of para-hydroxylation sites is 2. The van der Waals surface area contributed by atoms with Crippen molar-refractivity contribution >= 4 is 22.6 Å². The van der Waals surface area contributed by atoms with Crippen molar-refractivity contribution < 1.29 is 9.90 Å². The summed E-state index contributed by atoms with van der Waals surface area (Å²) in [5.41, 5.74) is 3.09. The van der Waals surface area contributed by atoms with E-state index in [1.54, 1.807) is 18.5 Å². The highest BCUT2D eigenvalue weighted by molar-refractivity contribution is 5.92. The normalized spacial score (nSPS) is 14.0. The van der Waals surface area contributed by atoms with Crippen LogP contribution < -0.4 is 5.32 Å². The van der Waals surface area contributed by atoms with Crippen LogP contribution in [0, 0.1) is 0 Å². The molecule has 1 amide bonds. The van der Waals surface area contributed by atoms with Crippen molar-refractivity contribution in [3.05, 3.63) is 54.1 Å². The molecule has 24 heavy (non-hydrogen) atoms. The maximum atomic E-state index is 12.5. The molecule has 0 radical (unpaired) electrons. The molecule has 1 saturated carbocycles. The molecular weight excluding hydrogens is 304 g/mol. The van der Waals surface area contributed by atoms with Gasteiger partial charge in [-0.2, -0.15) is 0 Å². The fourth-order valence-electron chi connectivity index (χ4n) is 2.92. The molecule has 6 heteroatoms. The number of fused-ring (bicyclic) bond motifs is 1. The van der Waals surface area contributed by atoms with Gasteiger partial charge >= 0.3 is 0 Å². The predicted octanol–water partition coefficient (Wildman–Crippen LogP) is 2.44. The molecule has 1 aliphatic carbocycles. The number of anilines is 1. The summed E-state index contributed by atoms with van der Waals surface area (Å²) < 4.78 is 2.00. The van der Waals surface area contributed by atoms with Crippen molar-refractivity contribution in [3.8, 4) is 0 Å². The molecule has 2 aromatic heterocycles. The Kier molecular flexibility index (Phi) is 3.74. The summed E-state index contributed by atoms with van der Waals surface area (Å²) in [6.45, 7) is 0.0611. The van der Waals surface area contributed by atoms with E-state index in [2.05, 4.69) is 10.3 Å². The molecule has 0 spiro atoms. The Labute approximate surface area is 139 Å². The third-order valence-corrected chi connectivity index (χ3v) is 4.28. The second-order valence-electron chi connectivity index (χ2n) is 6.06. The molecule has 1 aromatic carbocycles. The van der Waals surface area contributed by atoms with Crippen molar-refractivity contribution in [2.75, 3.05) is 5.32 Å². The first-order valence-electron chi connectivity index (χ1n) is 8.05. The lowest BCUT2D eigenvalue weighted by Crippen LogP contribution is -2.21. The lowest BCUT2D eigenvalue weighted by Gasteiger charge is -2.11. The minimum atomic E-state index is -0.150. The van der Waals surface area contributed by atoms with Crippen molar-refractivity contribution in [3.63, 3.8) is 0 Å². The topological polar surface area (TPSA) is 80.0 Å². The number of aliphatic hydroxyl groups is 1. The average molecular weight is 322 g/mol. The number of benzene rings is 1. The Morgan fingerprint density at radius 2 is 2.12 bits per heavy atom. The summed E-state index contributed by atoms with van der Waals surface area (Å²) in [4.78, 5) is 21.2. The summed E-state index contributed by atoms with van der Waals surface area (Å²) in [6, 6.07) is 9.57. The maximum Gasteiger partial charge on any atom is 0.244 e. The number of hydrogen-bond acceptors (Lipinski definition) is 4. The quantitative estimate of drug-likeness (QED) is 0.756. The van der Waals surface area contributed by atoms with Gasteiger partial charge < -0.3 is 15.0 Å². The Morgan fingerprint density at radius 3 is 2.92 bits per heavy atom. The van der Waals surface area contributed by atoms with Crippen molar-refractivity contribution in [2.24, 2.45) is 0 Å². The summed E-state index contributed by atoms with van der Waals surface area (Å²) in [6.07, 6.45) is 5.40. The van der Waals surface area contributed by atoms with Gasteiger partial charge in [-0.1, -0.05) is 12.1 Å². The maximum absolute atomic E-state index is 12.5. The van der Waals surface area contributed by atoms with Gasteiger partial charge in [0, 0.05) is 17.7 Å². The van der Waals surface area contributed by atoms with Gasteiger partial charge in [0.25, 0.3) is 0 Å². The zero-order chi connectivity index (χ0) is 16.5. The lowest BCUT2D eigenvalue weighted by molar-refractivity contribution is -0.116. The van der Waals surface area contributed by atoms with Crippen molar-refractivity contribution in [2.45, 2.75) is 31.9 Å². The van der Waals surface area contributed by atoms with Gasteiger partial charge in [0.2, 0.25) is 5.91 Å². The van der Waals surface area contributed by atoms with E-state index < -0.39 is 0 Å². The van der Waals surface area contributed by atoms with E-state index in [0.29, 0.717) is 17.2 Å². The number of hydrogen-bond donors (Lipinski definition) is 2. The standard InChI is InChI=1S/C18H18N4O2/c23-11-13-7-8-19-9-15(13)20-17(24)10-22-16-4-2-1-3-14(16)21-18(22)12-5-6-12/h1-4,7-9,12,23H,5-6,10-11H2,(H,20,24). The van der Waals surface area contributed by atoms with Crippen LogP contribution in [0.2, 0.25) is 0 Å². The largest absolute Gasteiger partial charge is 0.392 e. The molecule has 0 bridgehead atoms. The van der Waals surface area contributed by atoms with Crippen LogP contribution in [-0.4, -0.2) is 25.5 Å². The van der Waals surface area contributed by atoms with E-state index >= 15 is 0 Å². The molecule has 0 aliphatic heterocycles. The van der Waals surface area contributed by atoms with Crippen molar-refractivity contribution in [1.29, 1.82) is 0 Å². The molecule has 0 saturated heterocycles. The van der Waals surface area contributed by atoms with E-state index in [1.165, 1.54) is 0 Å². The summed E-state index contributed by atoms with van der Waals surface area (Å²) in [5, 5.41) is 12.2. The number of carbonyl (C=O) groups excluding carboxylic acids is 1. The molecule has 3 aromatic rings. The van der Waals surface area contributed by atoms with Gasteiger partial charge in [-0.3, -0.25) is 9.78 Å². The number of aromatic nitrogens is 3. The summed E-state index contributed by atoms with van der Waals surface area (Å²) in [7, 11) is 0. The van der Waals surface area contributed by atoms with Crippen LogP contribution in [0.4, 0.5) is 5.69 Å². The van der Waals surface area contributed by atoms with Gasteiger partial charge in [-0.25, -0.2) is 4.98 Å². The van der Waals surface area contributed by atoms with Crippen LogP contribution in [-0.2, 0) is 17.9 Å². The van der Waals surface area contributed by atoms with Crippen LogP contribution in [0.5, 0.6) is 0 Å². The van der Waals surface area contributed by atoms with Gasteiger partial charge in [-0.15, -0.1) is 0 Å². The minimum Gasteiger partial charge on any atom is -0.392 e. The first kappa shape index (κ1) is 14.8. The number of amides is 1. The van der Waals surface area contributed by atoms with Crippen LogP contribution in [0.15, 0.2) is 42.7 Å². The number of aliphatic hydroxyl groups excluding tert-OH is 1. The Balaban J connectivity index is 1.62. The molecule has 0 atom stereocenters. The molecule has 6 nitrogen and oxygen atoms in total. The smallest absolute Gasteiger partial charge is 0.244 e. The zero-order valence-electron chi connectivity index (χ0n) is 13.1. The SMILES string of the molecule is O=C(Cn1c(C2CC2)nc2ccccc21)Nc1cnccc1CO. The van der Waals surface area contributed by atoms with Gasteiger partial charge in [0.1, 0.15) is 12.4 Å². The molecule has 4 rings (SSSR count). The highest BCUT2D eigenvalue weighted by Gasteiger charge is 2.30. The first-order chi connectivity index (χ1) is 11.8. The average Bonchev–Trinajstić information content (AvgIpc) is 3.39. The highest BCUT2D eigenvalue weighted by Crippen LogP contribution is 2.40. The molecular formula is C18H18N4O2. The zero-order valence-corrected chi connectivity index (χ0v) is 13.1. The number of nitrogens with one attached hydrogen (secondary N) is 1. The van der Waals surface area contributed by atoms with Gasteiger partial charge in [0.15, 0.2) is 0 Å². The molecule has 1 aliphatic rings. The van der Waals surface area contributed by atoms with E-state index in [-0.39, 0.29) is 19.1 Å². The van der Waals surface area contributed by atoms with Gasteiger partial charge in [0.05, 0.1) is 29.5 Å². The Bertz CT molecular complexity index is 899. The summed E-state index contributed by atoms with van der Waals surface area (Å²) >= 11 is 0. The fourth-order valence-corrected chi connectivity index (χ4v) is 2.92. The number of nitrogens with zero attached hydrogens (tertiary/aromatic N) is 3. The number of rotatable bonds is 5. The van der Waals surface area contributed by atoms with E-state index in [0.717, 1.165) is 29.7 Å². The predicted molar refractivity (Wildman–Crippen MR) is 90.5 cm³/mol. The molecule has 0 unspecified atom stereocenters. The molecule has 122 valence electrons. The van der Waals surface area contributed by atoms with Gasteiger partial charge in [-0.05, 0) is 31.0 Å². The third kappa shape index (κ3) is 2.76. The minimum absolute atomic E-state index is 0.139. The lowest BCUT2D eigenvalue weighted by atomic mass is 10.2. The molecule has 2 heterocycles. The van der Waals surface area contributed by atoms with E-state index in [1.807, 2.05) is 28.8 Å². The van der Waals surface area contributed by atoms with Crippen LogP contribution in [0.1, 0.15) is 30.1 Å². The van der Waals surface area contributed by atoms with Crippen LogP contribution in [0.25, 0.3) is 11.0 Å². The van der Waals surface area contributed by atoms with Crippen LogP contribution >= 0.6 is 0 Å². The van der Waals surface area contributed by atoms with E-state index in [9.17, 15) is 9.90 Å². The third-order valence-electron chi connectivity index (χ3n) is 4.28. The molecule has 1 fully saturated rings. The number of carbonyl (C=O) groups is 1. The highest BCUT2D eigenvalue weighted by atomic mass is 16.3. The van der Waals surface area contributed by atoms with E-state index in [4.69, 9.17) is 4.98 Å².